The van der Waals surface area contributed by atoms with Crippen LogP contribution in [-0.4, -0.2) is 70.1 Å². The average molecular weight is 461 g/mol. The lowest BCUT2D eigenvalue weighted by Crippen LogP contribution is -2.52. The van der Waals surface area contributed by atoms with E-state index in [1.807, 2.05) is 0 Å². The molecule has 0 saturated carbocycles. The topological polar surface area (TPSA) is 84.9 Å². The number of methoxy groups -OCH3 is 2. The largest absolute Gasteiger partial charge is 0.495 e. The maximum atomic E-state index is 12.8. The van der Waals surface area contributed by atoms with Crippen molar-refractivity contribution in [3.05, 3.63) is 22.2 Å². The summed E-state index contributed by atoms with van der Waals surface area (Å²) in [6, 6.07) is 2.64. The third-order valence-electron chi connectivity index (χ3n) is 5.21. The number of carbonyl (C=O) groups excluding carboxylic acids is 1. The Hall–Kier alpha value is -1.32. The first-order valence-corrected chi connectivity index (χ1v) is 11.6. The number of piperidine rings is 1. The van der Waals surface area contributed by atoms with Gasteiger partial charge in [-0.15, -0.1) is 0 Å². The van der Waals surface area contributed by atoms with Gasteiger partial charge in [-0.25, -0.2) is 8.42 Å². The van der Waals surface area contributed by atoms with E-state index < -0.39 is 15.9 Å². The van der Waals surface area contributed by atoms with Crippen molar-refractivity contribution < 1.29 is 22.7 Å². The van der Waals surface area contributed by atoms with Gasteiger partial charge in [0.05, 0.1) is 31.8 Å². The van der Waals surface area contributed by atoms with Gasteiger partial charge in [0.25, 0.3) is 5.91 Å². The van der Waals surface area contributed by atoms with E-state index >= 15 is 0 Å². The zero-order valence-electron chi connectivity index (χ0n) is 15.5. The number of sulfone groups is 1. The maximum absolute atomic E-state index is 12.8. The highest BCUT2D eigenvalue weighted by molar-refractivity contribution is 9.10. The molecular weight excluding hydrogens is 436 g/mol. The van der Waals surface area contributed by atoms with Gasteiger partial charge in [0.1, 0.15) is 16.0 Å². The van der Waals surface area contributed by atoms with Gasteiger partial charge >= 0.3 is 0 Å². The molecule has 0 radical (unpaired) electrons. The van der Waals surface area contributed by atoms with E-state index in [0.717, 1.165) is 25.9 Å². The third-order valence-corrected chi connectivity index (χ3v) is 7.70. The molecule has 2 heterocycles. The molecule has 1 N–H and O–H groups in total. The predicted octanol–water partition coefficient (Wildman–Crippen LogP) is 1.85. The molecule has 9 heteroatoms. The number of carbonyl (C=O) groups is 1. The summed E-state index contributed by atoms with van der Waals surface area (Å²) >= 11 is 3.38. The number of hydrogen-bond acceptors (Lipinski definition) is 6. The minimum absolute atomic E-state index is 0.0231. The van der Waals surface area contributed by atoms with E-state index in [4.69, 9.17) is 9.47 Å². The summed E-state index contributed by atoms with van der Waals surface area (Å²) in [5, 5.41) is 2.93. The van der Waals surface area contributed by atoms with Crippen LogP contribution in [0.5, 0.6) is 11.5 Å². The molecule has 27 heavy (non-hydrogen) atoms. The maximum Gasteiger partial charge on any atom is 0.251 e. The smallest absolute Gasteiger partial charge is 0.251 e. The Kier molecular flexibility index (Phi) is 6.32. The van der Waals surface area contributed by atoms with Crippen LogP contribution in [0.1, 0.15) is 29.6 Å². The lowest BCUT2D eigenvalue weighted by molar-refractivity contribution is 0.0899. The van der Waals surface area contributed by atoms with Gasteiger partial charge in [-0.1, -0.05) is 6.42 Å². The standard InChI is InChI=1S/C18H25BrN2O5S/c1-25-15-8-12(9-16(26-2)17(15)19)18(22)20-13-10-27(23,24)11-14(13)21-6-4-3-5-7-21/h8-9,13-14H,3-7,10-11H2,1-2H3,(H,20,22)/t13-,14+/m0/s1. The van der Waals surface area contributed by atoms with Crippen molar-refractivity contribution in [2.24, 2.45) is 0 Å². The molecule has 0 unspecified atom stereocenters. The molecule has 2 fully saturated rings. The van der Waals surface area contributed by atoms with Gasteiger partial charge in [-0.3, -0.25) is 9.69 Å². The van der Waals surface area contributed by atoms with Crippen LogP contribution >= 0.6 is 15.9 Å². The van der Waals surface area contributed by atoms with E-state index in [0.29, 0.717) is 21.5 Å². The summed E-state index contributed by atoms with van der Waals surface area (Å²) in [4.78, 5) is 15.0. The highest BCUT2D eigenvalue weighted by atomic mass is 79.9. The Bertz CT molecular complexity index is 783. The van der Waals surface area contributed by atoms with Crippen LogP contribution in [0.3, 0.4) is 0 Å². The lowest BCUT2D eigenvalue weighted by atomic mass is 10.0. The Balaban J connectivity index is 1.81. The molecular formula is C18H25BrN2O5S. The number of benzene rings is 1. The number of ether oxygens (including phenoxy) is 2. The summed E-state index contributed by atoms with van der Waals surface area (Å²) in [6.07, 6.45) is 3.31. The van der Waals surface area contributed by atoms with Crippen LogP contribution in [0.15, 0.2) is 16.6 Å². The van der Waals surface area contributed by atoms with E-state index in [-0.39, 0.29) is 23.5 Å². The number of hydrogen-bond donors (Lipinski definition) is 1. The lowest BCUT2D eigenvalue weighted by Gasteiger charge is -2.35. The first-order valence-electron chi connectivity index (χ1n) is 9.01. The Labute approximate surface area is 168 Å². The highest BCUT2D eigenvalue weighted by Gasteiger charge is 2.42. The number of halogens is 1. The van der Waals surface area contributed by atoms with Crippen LogP contribution in [0.2, 0.25) is 0 Å². The van der Waals surface area contributed by atoms with Crippen molar-refractivity contribution in [2.45, 2.75) is 31.3 Å². The molecule has 0 spiro atoms. The Morgan fingerprint density at radius 2 is 1.70 bits per heavy atom. The fourth-order valence-electron chi connectivity index (χ4n) is 3.83. The summed E-state index contributed by atoms with van der Waals surface area (Å²) < 4.78 is 35.7. The SMILES string of the molecule is COc1cc(C(=O)N[C@H]2CS(=O)(=O)C[C@H]2N2CCCCC2)cc(OC)c1Br. The minimum atomic E-state index is -3.17. The predicted molar refractivity (Wildman–Crippen MR) is 106 cm³/mol. The first-order chi connectivity index (χ1) is 12.8. The normalized spacial score (nSPS) is 25.1. The fourth-order valence-corrected chi connectivity index (χ4v) is 6.33. The number of nitrogens with one attached hydrogen (secondary N) is 1. The Morgan fingerprint density at radius 1 is 1.11 bits per heavy atom. The first kappa shape index (κ1) is 20.4. The van der Waals surface area contributed by atoms with Crippen LogP contribution in [0.25, 0.3) is 0 Å². The van der Waals surface area contributed by atoms with E-state index in [1.54, 1.807) is 12.1 Å². The van der Waals surface area contributed by atoms with Crippen molar-refractivity contribution >= 4 is 31.7 Å². The minimum Gasteiger partial charge on any atom is -0.495 e. The van der Waals surface area contributed by atoms with Gasteiger partial charge in [0, 0.05) is 11.6 Å². The molecule has 2 atom stereocenters. The zero-order valence-corrected chi connectivity index (χ0v) is 17.9. The molecule has 0 aromatic heterocycles. The second-order valence-corrected chi connectivity index (χ2v) is 9.96. The second-order valence-electron chi connectivity index (χ2n) is 7.02. The van der Waals surface area contributed by atoms with E-state index in [1.165, 1.54) is 20.6 Å². The third kappa shape index (κ3) is 4.57. The molecule has 2 aliphatic rings. The van der Waals surface area contributed by atoms with Crippen molar-refractivity contribution in [2.75, 3.05) is 38.8 Å². The molecule has 2 aliphatic heterocycles. The molecule has 1 aromatic carbocycles. The number of likely N-dealkylation sites (tertiary alicyclic amines) is 1. The van der Waals surface area contributed by atoms with Crippen LogP contribution in [0.4, 0.5) is 0 Å². The van der Waals surface area contributed by atoms with Gasteiger partial charge in [-0.05, 0) is 54.0 Å². The van der Waals surface area contributed by atoms with Crippen LogP contribution < -0.4 is 14.8 Å². The van der Waals surface area contributed by atoms with Gasteiger partial charge in [-0.2, -0.15) is 0 Å². The second kappa shape index (κ2) is 8.36. The van der Waals surface area contributed by atoms with Gasteiger partial charge in [0.15, 0.2) is 9.84 Å². The van der Waals surface area contributed by atoms with Crippen molar-refractivity contribution in [3.63, 3.8) is 0 Å². The zero-order chi connectivity index (χ0) is 19.6. The molecule has 0 bridgehead atoms. The average Bonchev–Trinajstić information content (AvgIpc) is 2.96. The van der Waals surface area contributed by atoms with Crippen LogP contribution in [0, 0.1) is 0 Å². The van der Waals surface area contributed by atoms with Crippen molar-refractivity contribution in [3.8, 4) is 11.5 Å². The molecule has 3 rings (SSSR count). The van der Waals surface area contributed by atoms with E-state index in [9.17, 15) is 13.2 Å². The number of amides is 1. The molecule has 2 saturated heterocycles. The van der Waals surface area contributed by atoms with Crippen LogP contribution in [-0.2, 0) is 9.84 Å². The van der Waals surface area contributed by atoms with Crippen molar-refractivity contribution in [1.29, 1.82) is 0 Å². The molecule has 0 aliphatic carbocycles. The van der Waals surface area contributed by atoms with E-state index in [2.05, 4.69) is 26.1 Å². The Morgan fingerprint density at radius 3 is 2.26 bits per heavy atom. The summed E-state index contributed by atoms with van der Waals surface area (Å²) in [5.74, 6) is 0.704. The number of rotatable bonds is 5. The summed E-state index contributed by atoms with van der Waals surface area (Å²) in [7, 11) is -0.145. The number of nitrogens with zero attached hydrogens (tertiary/aromatic N) is 1. The van der Waals surface area contributed by atoms with Crippen molar-refractivity contribution in [1.82, 2.24) is 10.2 Å². The fraction of sp³-hybridized carbons (Fsp3) is 0.611. The molecule has 7 nitrogen and oxygen atoms in total. The van der Waals surface area contributed by atoms with Gasteiger partial charge in [0.2, 0.25) is 0 Å². The van der Waals surface area contributed by atoms with Gasteiger partial charge < -0.3 is 14.8 Å². The molecule has 1 amide bonds. The summed E-state index contributed by atoms with van der Waals surface area (Å²) in [5.41, 5.74) is 0.369. The molecule has 1 aromatic rings. The quantitative estimate of drug-likeness (QED) is 0.721. The highest BCUT2D eigenvalue weighted by Crippen LogP contribution is 2.35. The molecule has 150 valence electrons. The summed E-state index contributed by atoms with van der Waals surface area (Å²) in [6.45, 7) is 1.76. The monoisotopic (exact) mass is 460 g/mol.